The van der Waals surface area contributed by atoms with E-state index >= 15 is 0 Å². The monoisotopic (exact) mass is 602 g/mol. The molecule has 4 aromatic rings. The van der Waals surface area contributed by atoms with Crippen LogP contribution in [0.25, 0.3) is 0 Å². The molecular weight excluding hydrogens is 580 g/mol. The summed E-state index contributed by atoms with van der Waals surface area (Å²) in [5.74, 6) is -5.37. The van der Waals surface area contributed by atoms with Crippen LogP contribution in [-0.2, 0) is 9.59 Å². The highest BCUT2D eigenvalue weighted by Crippen LogP contribution is 2.61. The molecule has 0 spiro atoms. The van der Waals surface area contributed by atoms with Crippen molar-refractivity contribution in [1.29, 1.82) is 0 Å². The molecule has 0 aromatic heterocycles. The molecule has 4 aliphatic rings. The Kier molecular flexibility index (Phi) is 6.36. The van der Waals surface area contributed by atoms with Crippen LogP contribution >= 0.6 is 0 Å². The summed E-state index contributed by atoms with van der Waals surface area (Å²) < 4.78 is 0. The van der Waals surface area contributed by atoms with Gasteiger partial charge in [-0.3, -0.25) is 39.4 Å². The van der Waals surface area contributed by atoms with Gasteiger partial charge in [0, 0.05) is 47.2 Å². The molecule has 0 saturated carbocycles. The first kappa shape index (κ1) is 27.8. The molecular formula is C33H22N4O8. The molecule has 2 atom stereocenters. The molecule has 1 heterocycles. The molecule has 0 radical (unpaired) electrons. The molecule has 222 valence electrons. The van der Waals surface area contributed by atoms with Crippen molar-refractivity contribution in [2.45, 2.75) is 11.8 Å². The molecule has 1 fully saturated rings. The lowest BCUT2D eigenvalue weighted by atomic mass is 9.55. The number of ketones is 1. The summed E-state index contributed by atoms with van der Waals surface area (Å²) in [7, 11) is 0. The SMILES string of the molecule is O=C(CN(C(=O)c1ccc([N+](=O)[O-])cc1)N1C(=O)[C@H]2C3c4ccccc4C(c4ccccc43)[C@@H]2C1=O)c1ccc([N+](=O)[O-])cc1. The third kappa shape index (κ3) is 4.21. The van der Waals surface area contributed by atoms with Crippen LogP contribution in [-0.4, -0.2) is 49.9 Å². The van der Waals surface area contributed by atoms with Gasteiger partial charge in [0.2, 0.25) is 0 Å². The zero-order valence-corrected chi connectivity index (χ0v) is 23.3. The minimum atomic E-state index is -0.886. The molecule has 4 aromatic carbocycles. The van der Waals surface area contributed by atoms with Gasteiger partial charge in [-0.05, 0) is 46.5 Å². The molecule has 8 rings (SSSR count). The second-order valence-electron chi connectivity index (χ2n) is 11.1. The molecule has 3 amide bonds. The molecule has 45 heavy (non-hydrogen) atoms. The number of hydrogen-bond acceptors (Lipinski definition) is 8. The lowest BCUT2D eigenvalue weighted by molar-refractivity contribution is -0.385. The highest BCUT2D eigenvalue weighted by atomic mass is 16.6. The first-order chi connectivity index (χ1) is 21.7. The molecule has 1 aliphatic heterocycles. The van der Waals surface area contributed by atoms with Gasteiger partial charge >= 0.3 is 0 Å². The van der Waals surface area contributed by atoms with Crippen LogP contribution in [0.2, 0.25) is 0 Å². The Morgan fingerprint density at radius 3 is 1.38 bits per heavy atom. The number of nitro groups is 2. The Morgan fingerprint density at radius 2 is 1.00 bits per heavy atom. The Balaban J connectivity index is 1.30. The van der Waals surface area contributed by atoms with Crippen molar-refractivity contribution in [3.63, 3.8) is 0 Å². The quantitative estimate of drug-likeness (QED) is 0.128. The molecule has 0 unspecified atom stereocenters. The van der Waals surface area contributed by atoms with Gasteiger partial charge in [0.1, 0.15) is 6.54 Å². The second-order valence-corrected chi connectivity index (χ2v) is 11.1. The van der Waals surface area contributed by atoms with Crippen molar-refractivity contribution in [1.82, 2.24) is 10.0 Å². The third-order valence-electron chi connectivity index (χ3n) is 8.92. The zero-order valence-electron chi connectivity index (χ0n) is 23.3. The van der Waals surface area contributed by atoms with E-state index in [9.17, 15) is 39.4 Å². The van der Waals surface area contributed by atoms with E-state index in [-0.39, 0.29) is 22.5 Å². The van der Waals surface area contributed by atoms with Gasteiger partial charge in [0.15, 0.2) is 5.78 Å². The predicted molar refractivity (Wildman–Crippen MR) is 157 cm³/mol. The number of non-ortho nitro benzene ring substituents is 2. The first-order valence-corrected chi connectivity index (χ1v) is 14.1. The van der Waals surface area contributed by atoms with Crippen molar-refractivity contribution in [3.05, 3.63) is 151 Å². The molecule has 0 N–H and O–H groups in total. The topological polar surface area (TPSA) is 161 Å². The maximum absolute atomic E-state index is 14.4. The Bertz CT molecular complexity index is 1840. The number of imide groups is 1. The standard InChI is InChI=1S/C33H22N4O8/c38-26(18-9-13-20(14-10-18)36(42)43)17-34(31(39)19-11-15-21(16-12-19)37(44)45)35-32(40)29-27-22-5-1-2-6-23(22)28(30(29)33(35)41)25-8-4-3-7-24(25)27/h1-16,27-30H,17H2/t27?,28?,29-,30-/m0/s1. The van der Waals surface area contributed by atoms with Crippen LogP contribution in [0.15, 0.2) is 97.1 Å². The molecule has 3 aliphatic carbocycles. The van der Waals surface area contributed by atoms with Crippen LogP contribution in [0.5, 0.6) is 0 Å². The highest BCUT2D eigenvalue weighted by Gasteiger charge is 2.63. The highest BCUT2D eigenvalue weighted by molar-refractivity contribution is 6.11. The number of hydrazine groups is 1. The fourth-order valence-electron chi connectivity index (χ4n) is 7.00. The number of nitro benzene ring substituents is 2. The Morgan fingerprint density at radius 1 is 0.622 bits per heavy atom. The maximum atomic E-state index is 14.4. The van der Waals surface area contributed by atoms with Crippen LogP contribution in [0.4, 0.5) is 11.4 Å². The van der Waals surface area contributed by atoms with Crippen molar-refractivity contribution in [2.75, 3.05) is 6.54 Å². The minimum Gasteiger partial charge on any atom is -0.292 e. The van der Waals surface area contributed by atoms with E-state index in [2.05, 4.69) is 0 Å². The van der Waals surface area contributed by atoms with Gasteiger partial charge in [-0.25, -0.2) is 5.01 Å². The number of amides is 3. The van der Waals surface area contributed by atoms with Crippen molar-refractivity contribution < 1.29 is 29.0 Å². The van der Waals surface area contributed by atoms with E-state index in [1.165, 1.54) is 24.3 Å². The van der Waals surface area contributed by atoms with Gasteiger partial charge in [0.25, 0.3) is 29.1 Å². The Hall–Kier alpha value is -6.04. The van der Waals surface area contributed by atoms with Crippen molar-refractivity contribution in [3.8, 4) is 0 Å². The van der Waals surface area contributed by atoms with Gasteiger partial charge in [-0.15, -0.1) is 0 Å². The van der Waals surface area contributed by atoms with Gasteiger partial charge in [-0.2, -0.15) is 5.01 Å². The van der Waals surface area contributed by atoms with Crippen LogP contribution in [0.1, 0.15) is 54.8 Å². The summed E-state index contributed by atoms with van der Waals surface area (Å²) in [6.45, 7) is -0.736. The van der Waals surface area contributed by atoms with Crippen LogP contribution in [0, 0.1) is 32.1 Å². The lowest BCUT2D eigenvalue weighted by Crippen LogP contribution is -2.52. The van der Waals surface area contributed by atoms with E-state index < -0.39 is 63.6 Å². The number of nitrogens with zero attached hydrogens (tertiary/aromatic N) is 4. The van der Waals surface area contributed by atoms with Gasteiger partial charge in [-0.1, -0.05) is 48.5 Å². The lowest BCUT2D eigenvalue weighted by Gasteiger charge is -2.45. The molecule has 2 bridgehead atoms. The number of rotatable bonds is 7. The number of carbonyl (C=O) groups excluding carboxylic acids is 4. The largest absolute Gasteiger partial charge is 0.292 e. The number of Topliss-reactive ketones (excluding diaryl/α,β-unsaturated/α-hetero) is 1. The molecule has 1 saturated heterocycles. The third-order valence-corrected chi connectivity index (χ3v) is 8.92. The summed E-state index contributed by atoms with van der Waals surface area (Å²) in [5, 5.41) is 23.9. The van der Waals surface area contributed by atoms with E-state index in [0.29, 0.717) is 0 Å². The second kappa shape index (κ2) is 10.3. The van der Waals surface area contributed by atoms with E-state index in [0.717, 1.165) is 56.5 Å². The maximum Gasteiger partial charge on any atom is 0.273 e. The minimum absolute atomic E-state index is 0.0264. The summed E-state index contributed by atoms with van der Waals surface area (Å²) in [6.07, 6.45) is 0. The number of benzene rings is 4. The summed E-state index contributed by atoms with van der Waals surface area (Å²) in [5.41, 5.74) is 3.16. The fourth-order valence-corrected chi connectivity index (χ4v) is 7.00. The Labute approximate surface area is 254 Å². The van der Waals surface area contributed by atoms with Gasteiger partial charge < -0.3 is 0 Å². The average Bonchev–Trinajstić information content (AvgIpc) is 3.32. The molecule has 12 heteroatoms. The number of carbonyl (C=O) groups is 4. The first-order valence-electron chi connectivity index (χ1n) is 14.1. The fraction of sp³-hybridized carbons (Fsp3) is 0.152. The van der Waals surface area contributed by atoms with E-state index in [1.807, 2.05) is 48.5 Å². The average molecular weight is 603 g/mol. The van der Waals surface area contributed by atoms with Crippen molar-refractivity contribution >= 4 is 34.9 Å². The van der Waals surface area contributed by atoms with Gasteiger partial charge in [0.05, 0.1) is 21.7 Å². The van der Waals surface area contributed by atoms with E-state index in [4.69, 9.17) is 0 Å². The van der Waals surface area contributed by atoms with Crippen LogP contribution < -0.4 is 0 Å². The molecule has 12 nitrogen and oxygen atoms in total. The number of hydrogen-bond donors (Lipinski definition) is 0. The van der Waals surface area contributed by atoms with Crippen molar-refractivity contribution in [2.24, 2.45) is 11.8 Å². The summed E-state index contributed by atoms with van der Waals surface area (Å²) >= 11 is 0. The summed E-state index contributed by atoms with van der Waals surface area (Å²) in [6, 6.07) is 24.6. The smallest absolute Gasteiger partial charge is 0.273 e. The van der Waals surface area contributed by atoms with Crippen LogP contribution in [0.3, 0.4) is 0 Å². The van der Waals surface area contributed by atoms with E-state index in [1.54, 1.807) is 0 Å². The zero-order chi connectivity index (χ0) is 31.6. The summed E-state index contributed by atoms with van der Waals surface area (Å²) in [4.78, 5) is 77.3. The normalized spacial score (nSPS) is 20.7. The predicted octanol–water partition coefficient (Wildman–Crippen LogP) is 4.64.